The highest BCUT2D eigenvalue weighted by Crippen LogP contribution is 2.50. The van der Waals surface area contributed by atoms with Crippen molar-refractivity contribution >= 4 is 11.7 Å². The third kappa shape index (κ3) is 2.81. The maximum Gasteiger partial charge on any atom is 0.258 e. The molecular weight excluding hydrogens is 338 g/mol. The maximum absolute atomic E-state index is 14.9. The van der Waals surface area contributed by atoms with Crippen LogP contribution in [0.3, 0.4) is 0 Å². The summed E-state index contributed by atoms with van der Waals surface area (Å²) in [4.78, 5) is 24.4. The molecule has 0 aliphatic carbocycles. The second-order valence-corrected chi connectivity index (χ2v) is 7.06. The summed E-state index contributed by atoms with van der Waals surface area (Å²) >= 11 is 0. The van der Waals surface area contributed by atoms with Crippen molar-refractivity contribution in [2.24, 2.45) is 5.41 Å². The average Bonchev–Trinajstić information content (AvgIpc) is 3.11. The molecule has 0 N–H and O–H groups in total. The van der Waals surface area contributed by atoms with Crippen LogP contribution in [0.2, 0.25) is 0 Å². The molecule has 2 aliphatic rings. The molecule has 2 saturated heterocycles. The van der Waals surface area contributed by atoms with Crippen molar-refractivity contribution in [1.29, 1.82) is 0 Å². The van der Waals surface area contributed by atoms with Crippen LogP contribution in [0.15, 0.2) is 48.9 Å². The van der Waals surface area contributed by atoms with Crippen molar-refractivity contribution in [3.8, 4) is 0 Å². The van der Waals surface area contributed by atoms with E-state index in [2.05, 4.69) is 9.97 Å². The van der Waals surface area contributed by atoms with E-state index in [9.17, 15) is 13.6 Å². The van der Waals surface area contributed by atoms with Gasteiger partial charge in [0.25, 0.3) is 11.8 Å². The number of likely N-dealkylation sites (tertiary alicyclic amines) is 1. The summed E-state index contributed by atoms with van der Waals surface area (Å²) in [5.41, 5.74) is -0.798. The molecule has 1 amide bonds. The van der Waals surface area contributed by atoms with Crippen LogP contribution >= 0.6 is 0 Å². The lowest BCUT2D eigenvalue weighted by atomic mass is 9.75. The van der Waals surface area contributed by atoms with Gasteiger partial charge in [-0.25, -0.2) is 13.8 Å². The van der Waals surface area contributed by atoms with Crippen molar-refractivity contribution in [3.05, 3.63) is 54.5 Å². The zero-order valence-corrected chi connectivity index (χ0v) is 14.3. The summed E-state index contributed by atoms with van der Waals surface area (Å²) in [6, 6.07) is 8.84. The van der Waals surface area contributed by atoms with Crippen molar-refractivity contribution in [2.45, 2.75) is 18.8 Å². The maximum atomic E-state index is 14.9. The minimum Gasteiger partial charge on any atom is -0.356 e. The summed E-state index contributed by atoms with van der Waals surface area (Å²) in [6.45, 7) is 0.832. The van der Waals surface area contributed by atoms with Crippen molar-refractivity contribution in [1.82, 2.24) is 14.9 Å². The van der Waals surface area contributed by atoms with Crippen molar-refractivity contribution in [3.63, 3.8) is 0 Å². The SMILES string of the molecule is O=C(c1cccnc1)N1CCC(F)(F)[C@]2(CCN(c3ccccn3)C2)C1. The number of halogens is 2. The Morgan fingerprint density at radius 1 is 1.04 bits per heavy atom. The van der Waals surface area contributed by atoms with E-state index < -0.39 is 11.3 Å². The Labute approximate surface area is 150 Å². The number of piperidine rings is 1. The largest absolute Gasteiger partial charge is 0.356 e. The quantitative estimate of drug-likeness (QED) is 0.828. The third-order valence-electron chi connectivity index (χ3n) is 5.49. The first-order valence-corrected chi connectivity index (χ1v) is 8.74. The van der Waals surface area contributed by atoms with E-state index in [4.69, 9.17) is 0 Å². The van der Waals surface area contributed by atoms with E-state index in [0.717, 1.165) is 0 Å². The number of carbonyl (C=O) groups is 1. The number of pyridine rings is 2. The molecule has 4 heterocycles. The van der Waals surface area contributed by atoms with Gasteiger partial charge in [0.05, 0.1) is 11.0 Å². The Balaban J connectivity index is 1.57. The fourth-order valence-corrected chi connectivity index (χ4v) is 3.98. The second-order valence-electron chi connectivity index (χ2n) is 7.06. The summed E-state index contributed by atoms with van der Waals surface area (Å²) in [6.07, 6.45) is 4.76. The molecule has 1 spiro atoms. The molecule has 0 unspecified atom stereocenters. The number of hydrogen-bond acceptors (Lipinski definition) is 4. The topological polar surface area (TPSA) is 49.3 Å². The normalized spacial score (nSPS) is 24.8. The smallest absolute Gasteiger partial charge is 0.258 e. The first kappa shape index (κ1) is 16.9. The van der Waals surface area contributed by atoms with Crippen LogP contribution in [-0.4, -0.2) is 52.9 Å². The predicted octanol–water partition coefficient (Wildman–Crippen LogP) is 2.85. The van der Waals surface area contributed by atoms with Gasteiger partial charge < -0.3 is 9.80 Å². The molecule has 2 aromatic rings. The molecule has 5 nitrogen and oxygen atoms in total. The number of alkyl halides is 2. The van der Waals surface area contributed by atoms with Gasteiger partial charge in [-0.15, -0.1) is 0 Å². The number of hydrogen-bond donors (Lipinski definition) is 0. The lowest BCUT2D eigenvalue weighted by molar-refractivity contribution is -0.150. The van der Waals surface area contributed by atoms with E-state index in [-0.39, 0.29) is 32.0 Å². The second kappa shape index (κ2) is 6.30. The highest BCUT2D eigenvalue weighted by molar-refractivity contribution is 5.94. The zero-order chi connectivity index (χ0) is 18.2. The molecule has 2 fully saturated rings. The molecule has 0 saturated carbocycles. The molecule has 7 heteroatoms. The van der Waals surface area contributed by atoms with E-state index >= 15 is 0 Å². The standard InChI is InChI=1S/C19H20F2N4O/c20-19(21)7-11-25(17(26)15-4-3-8-22-12-15)14-18(19)6-10-24(13-18)16-5-1-2-9-23-16/h1-5,8-9,12H,6-7,10-11,13-14H2/t18-/m0/s1. The highest BCUT2D eigenvalue weighted by Gasteiger charge is 2.60. The Morgan fingerprint density at radius 3 is 2.65 bits per heavy atom. The van der Waals surface area contributed by atoms with Gasteiger partial charge in [-0.1, -0.05) is 6.07 Å². The third-order valence-corrected chi connectivity index (χ3v) is 5.49. The number of amides is 1. The van der Waals surface area contributed by atoms with E-state index in [1.165, 1.54) is 6.20 Å². The molecule has 4 rings (SSSR count). The van der Waals surface area contributed by atoms with Gasteiger partial charge in [-0.05, 0) is 30.7 Å². The first-order valence-electron chi connectivity index (χ1n) is 8.74. The van der Waals surface area contributed by atoms with Crippen LogP contribution in [0.25, 0.3) is 0 Å². The van der Waals surface area contributed by atoms with E-state index in [1.54, 1.807) is 35.5 Å². The van der Waals surface area contributed by atoms with Gasteiger partial charge in [0.2, 0.25) is 0 Å². The van der Waals surface area contributed by atoms with Crippen LogP contribution < -0.4 is 4.90 Å². The van der Waals surface area contributed by atoms with E-state index in [0.29, 0.717) is 24.3 Å². The number of carbonyl (C=O) groups excluding carboxylic acids is 1. The monoisotopic (exact) mass is 358 g/mol. The lowest BCUT2D eigenvalue weighted by Crippen LogP contribution is -2.58. The molecule has 136 valence electrons. The zero-order valence-electron chi connectivity index (χ0n) is 14.3. The minimum atomic E-state index is -2.80. The van der Waals surface area contributed by atoms with Gasteiger partial charge >= 0.3 is 0 Å². The molecule has 2 aliphatic heterocycles. The molecule has 26 heavy (non-hydrogen) atoms. The van der Waals surface area contributed by atoms with Gasteiger partial charge in [-0.2, -0.15) is 0 Å². The average molecular weight is 358 g/mol. The van der Waals surface area contributed by atoms with Gasteiger partial charge in [0, 0.05) is 51.2 Å². The minimum absolute atomic E-state index is 0.0526. The Bertz CT molecular complexity index is 787. The Morgan fingerprint density at radius 2 is 1.92 bits per heavy atom. The predicted molar refractivity (Wildman–Crippen MR) is 93.2 cm³/mol. The fraction of sp³-hybridized carbons (Fsp3) is 0.421. The van der Waals surface area contributed by atoms with Crippen LogP contribution in [0.1, 0.15) is 23.2 Å². The van der Waals surface area contributed by atoms with E-state index in [1.807, 2.05) is 17.0 Å². The first-order chi connectivity index (χ1) is 12.5. The van der Waals surface area contributed by atoms with Gasteiger partial charge in [-0.3, -0.25) is 9.78 Å². The number of anilines is 1. The van der Waals surface area contributed by atoms with Gasteiger partial charge in [0.1, 0.15) is 5.82 Å². The summed E-state index contributed by atoms with van der Waals surface area (Å²) in [5.74, 6) is -2.33. The highest BCUT2D eigenvalue weighted by atomic mass is 19.3. The van der Waals surface area contributed by atoms with Gasteiger partial charge in [0.15, 0.2) is 0 Å². The molecular formula is C19H20F2N4O. The van der Waals surface area contributed by atoms with Crippen molar-refractivity contribution < 1.29 is 13.6 Å². The Hall–Kier alpha value is -2.57. The molecule has 1 atom stereocenters. The fourth-order valence-electron chi connectivity index (χ4n) is 3.98. The Kier molecular flexibility index (Phi) is 4.09. The van der Waals surface area contributed by atoms with Crippen LogP contribution in [-0.2, 0) is 0 Å². The lowest BCUT2D eigenvalue weighted by Gasteiger charge is -2.45. The van der Waals surface area contributed by atoms with Crippen LogP contribution in [0.4, 0.5) is 14.6 Å². The van der Waals surface area contributed by atoms with Crippen molar-refractivity contribution in [2.75, 3.05) is 31.1 Å². The van der Waals surface area contributed by atoms with Crippen LogP contribution in [0.5, 0.6) is 0 Å². The molecule has 0 aromatic carbocycles. The summed E-state index contributed by atoms with van der Waals surface area (Å²) in [5, 5.41) is 0. The summed E-state index contributed by atoms with van der Waals surface area (Å²) < 4.78 is 29.8. The summed E-state index contributed by atoms with van der Waals surface area (Å²) in [7, 11) is 0. The molecule has 0 radical (unpaired) electrons. The number of nitrogens with zero attached hydrogens (tertiary/aromatic N) is 4. The number of aromatic nitrogens is 2. The number of rotatable bonds is 2. The molecule has 0 bridgehead atoms. The van der Waals surface area contributed by atoms with Crippen LogP contribution in [0, 0.1) is 5.41 Å². The molecule has 2 aromatic heterocycles.